The van der Waals surface area contributed by atoms with Crippen LogP contribution in [0.25, 0.3) is 0 Å². The highest BCUT2D eigenvalue weighted by Gasteiger charge is 2.18. The van der Waals surface area contributed by atoms with Gasteiger partial charge in [0.25, 0.3) is 0 Å². The Morgan fingerprint density at radius 2 is 0.863 bits per heavy atom. The van der Waals surface area contributed by atoms with Crippen LogP contribution in [0, 0.1) is 0 Å². The van der Waals surface area contributed by atoms with Gasteiger partial charge in [0.05, 0.1) is 48.9 Å². The molecule has 0 aliphatic rings. The fraction of sp³-hybridized carbons (Fsp3) is 0.455. The van der Waals surface area contributed by atoms with E-state index in [-0.39, 0.29) is 60.9 Å². The number of benzene rings is 3. The van der Waals surface area contributed by atoms with Gasteiger partial charge in [0.2, 0.25) is 30.1 Å². The maximum absolute atomic E-state index is 11.9. The first-order valence-corrected chi connectivity index (χ1v) is 22.2. The molecule has 0 amide bonds. The molecule has 18 heteroatoms. The zero-order valence-electron chi connectivity index (χ0n) is 29.0. The summed E-state index contributed by atoms with van der Waals surface area (Å²) in [6, 6.07) is 13.6. The Bertz CT molecular complexity index is 1860. The number of unbranched alkanes of at least 4 members (excludes halogenated alkanes) is 6. The third kappa shape index (κ3) is 17.5. The van der Waals surface area contributed by atoms with Gasteiger partial charge >= 0.3 is 0 Å². The summed E-state index contributed by atoms with van der Waals surface area (Å²) in [6.45, 7) is 7.14. The molecule has 0 bridgehead atoms. The molecule has 51 heavy (non-hydrogen) atoms. The fourth-order valence-corrected chi connectivity index (χ4v) is 7.60. The van der Waals surface area contributed by atoms with E-state index in [1.54, 1.807) is 32.0 Å². The maximum atomic E-state index is 11.9. The minimum Gasteiger partial charge on any atom is -0.504 e. The quantitative estimate of drug-likeness (QED) is 0.0568. The van der Waals surface area contributed by atoms with Crippen molar-refractivity contribution in [1.82, 2.24) is 0 Å². The van der Waals surface area contributed by atoms with Crippen molar-refractivity contribution in [2.24, 2.45) is 0 Å². The molecule has 6 N–H and O–H groups in total. The van der Waals surface area contributed by atoms with Crippen LogP contribution < -0.4 is 14.2 Å². The molecule has 3 aromatic carbocycles. The van der Waals surface area contributed by atoms with Crippen molar-refractivity contribution in [3.05, 3.63) is 69.7 Å². The van der Waals surface area contributed by atoms with Crippen molar-refractivity contribution in [3.8, 4) is 17.2 Å². The summed E-state index contributed by atoms with van der Waals surface area (Å²) in [5.74, 6) is -0.645. The third-order valence-electron chi connectivity index (χ3n) is 6.90. The first-order valence-electron chi connectivity index (χ1n) is 16.2. The van der Waals surface area contributed by atoms with Gasteiger partial charge in [0.1, 0.15) is 0 Å². The van der Waals surface area contributed by atoms with Crippen LogP contribution in [0.4, 0.5) is 17.1 Å². The van der Waals surface area contributed by atoms with Gasteiger partial charge in [-0.1, -0.05) is 105 Å². The van der Waals surface area contributed by atoms with E-state index < -0.39 is 35.3 Å². The largest absolute Gasteiger partial charge is 0.504 e. The highest BCUT2D eigenvalue weighted by atomic mass is 35.5. The Morgan fingerprint density at radius 1 is 0.529 bits per heavy atom. The number of hydrogen-bond acceptors (Lipinski definition) is 9. The highest BCUT2D eigenvalue weighted by molar-refractivity contribution is 7.93. The molecule has 0 aromatic heterocycles. The molecule has 0 aliphatic carbocycles. The highest BCUT2D eigenvalue weighted by Crippen LogP contribution is 2.34. The van der Waals surface area contributed by atoms with E-state index in [2.05, 4.69) is 21.1 Å². The monoisotopic (exact) mass is 831 g/mol. The first-order chi connectivity index (χ1) is 23.8. The molecular weight excluding hydrogens is 785 g/mol. The van der Waals surface area contributed by atoms with Crippen LogP contribution in [0.2, 0.25) is 15.1 Å². The van der Waals surface area contributed by atoms with Gasteiger partial charge in [0, 0.05) is 0 Å². The van der Waals surface area contributed by atoms with Gasteiger partial charge in [-0.3, -0.25) is 14.2 Å². The molecule has 0 radical (unpaired) electrons. The molecule has 12 nitrogen and oxygen atoms in total. The second-order valence-corrected chi connectivity index (χ2v) is 18.7. The van der Waals surface area contributed by atoms with Crippen molar-refractivity contribution in [3.63, 3.8) is 0 Å². The van der Waals surface area contributed by atoms with Crippen LogP contribution in [-0.2, 0) is 30.1 Å². The Hall–Kier alpha value is -2.82. The Morgan fingerprint density at radius 3 is 1.24 bits per heavy atom. The topological polar surface area (TPSA) is 199 Å². The van der Waals surface area contributed by atoms with E-state index in [1.165, 1.54) is 49.2 Å². The van der Waals surface area contributed by atoms with E-state index in [9.17, 15) is 40.6 Å². The molecule has 0 fully saturated rings. The minimum absolute atomic E-state index is 0.0372. The number of phenols is 3. The molecule has 0 heterocycles. The average Bonchev–Trinajstić information content (AvgIpc) is 3.05. The molecule has 0 unspecified atom stereocenters. The van der Waals surface area contributed by atoms with Crippen LogP contribution in [0.1, 0.15) is 79.1 Å². The summed E-state index contributed by atoms with van der Waals surface area (Å²) in [4.78, 5) is 0. The molecule has 0 atom stereocenters. The number of aromatic hydroxyl groups is 3. The van der Waals surface area contributed by atoms with Crippen molar-refractivity contribution in [1.29, 1.82) is 0 Å². The van der Waals surface area contributed by atoms with Crippen molar-refractivity contribution >= 4 is 81.9 Å². The average molecular weight is 833 g/mol. The summed E-state index contributed by atoms with van der Waals surface area (Å²) in [7, 11) is -10.3. The van der Waals surface area contributed by atoms with Gasteiger partial charge in [-0.2, -0.15) is 0 Å². The maximum Gasteiger partial charge on any atom is 0.235 e. The zero-order chi connectivity index (χ0) is 38.8. The summed E-state index contributed by atoms with van der Waals surface area (Å²) >= 11 is 17.0. The number of nitrogens with one attached hydrogen (secondary N) is 3. The summed E-state index contributed by atoms with van der Waals surface area (Å²) in [6.07, 6.45) is 7.49. The summed E-state index contributed by atoms with van der Waals surface area (Å²) in [5, 5.41) is 28.5. The molecule has 288 valence electrons. The normalized spacial score (nSPS) is 11.5. The Kier molecular flexibility index (Phi) is 20.2. The van der Waals surface area contributed by atoms with Crippen LogP contribution in [0.3, 0.4) is 0 Å². The Labute approximate surface area is 317 Å². The van der Waals surface area contributed by atoms with E-state index >= 15 is 0 Å². The van der Waals surface area contributed by atoms with Gasteiger partial charge in [-0.15, -0.1) is 0 Å². The molecule has 0 saturated carbocycles. The molecule has 0 aliphatic heterocycles. The molecule has 3 rings (SSSR count). The number of halogens is 3. The first kappa shape index (κ1) is 46.2. The van der Waals surface area contributed by atoms with Gasteiger partial charge < -0.3 is 15.3 Å². The number of hydrogen-bond donors (Lipinski definition) is 6. The number of phenolic OH excluding ortho intramolecular Hbond substituents is 3. The summed E-state index contributed by atoms with van der Waals surface area (Å²) in [5.41, 5.74) is 0.336. The number of rotatable bonds is 17. The SMILES string of the molecule is CC(C)S(=O)(=O)Nc1cccc(Cl)c1O.CCCCCCCCS(=O)(=O)Nc1cccc(Cl)c1O.CCCCS(=O)(=O)Nc1cccc(Cl)c1O. The molecular formula is C33H48Cl3N3O9S3. The number of sulfonamides is 3. The van der Waals surface area contributed by atoms with Crippen LogP contribution in [0.15, 0.2) is 54.6 Å². The Balaban J connectivity index is 0.000000387. The molecule has 0 saturated heterocycles. The second-order valence-electron chi connectivity index (χ2n) is 11.6. The van der Waals surface area contributed by atoms with Crippen molar-refractivity contribution < 1.29 is 40.6 Å². The van der Waals surface area contributed by atoms with Crippen LogP contribution in [0.5, 0.6) is 17.2 Å². The summed E-state index contributed by atoms with van der Waals surface area (Å²) < 4.78 is 76.8. The van der Waals surface area contributed by atoms with E-state index in [0.717, 1.165) is 25.7 Å². The van der Waals surface area contributed by atoms with Gasteiger partial charge in [0.15, 0.2) is 17.2 Å². The van der Waals surface area contributed by atoms with Gasteiger partial charge in [-0.25, -0.2) is 25.3 Å². The van der Waals surface area contributed by atoms with Crippen LogP contribution in [-0.4, -0.2) is 57.3 Å². The van der Waals surface area contributed by atoms with Crippen molar-refractivity contribution in [2.75, 3.05) is 25.7 Å². The predicted molar refractivity (Wildman–Crippen MR) is 210 cm³/mol. The van der Waals surface area contributed by atoms with Crippen molar-refractivity contribution in [2.45, 2.75) is 84.3 Å². The lowest BCUT2D eigenvalue weighted by Gasteiger charge is -2.12. The third-order valence-corrected chi connectivity index (χ3v) is 12.3. The lowest BCUT2D eigenvalue weighted by Crippen LogP contribution is -2.22. The fourth-order valence-electron chi connectivity index (χ4n) is 3.91. The van der Waals surface area contributed by atoms with E-state index in [1.807, 2.05) is 6.92 Å². The van der Waals surface area contributed by atoms with Crippen LogP contribution >= 0.6 is 34.8 Å². The lowest BCUT2D eigenvalue weighted by molar-refractivity contribution is 0.477. The second kappa shape index (κ2) is 22.3. The van der Waals surface area contributed by atoms with E-state index in [0.29, 0.717) is 12.8 Å². The van der Waals surface area contributed by atoms with E-state index in [4.69, 9.17) is 34.8 Å². The predicted octanol–water partition coefficient (Wildman–Crippen LogP) is 8.93. The smallest absolute Gasteiger partial charge is 0.235 e. The minimum atomic E-state index is -3.46. The number of para-hydroxylation sites is 3. The molecule has 3 aromatic rings. The lowest BCUT2D eigenvalue weighted by atomic mass is 10.1. The number of anilines is 3. The van der Waals surface area contributed by atoms with Gasteiger partial charge in [-0.05, 0) is 63.1 Å². The standard InChI is InChI=1S/C14H22ClNO3S.C10H14ClNO3S.C9H12ClNO3S/c1-2-3-4-5-6-7-11-20(18,19)16-13-10-8-9-12(15)14(13)17;1-2-3-7-16(14,15)12-9-6-4-5-8(11)10(9)13;1-6(2)15(13,14)11-8-5-3-4-7(10)9(8)12/h8-10,16-17H,2-7,11H2,1H3;4-6,12-13H,2-3,7H2,1H3;3-6,11-12H,1-2H3. The zero-order valence-corrected chi connectivity index (χ0v) is 33.7. The molecule has 0 spiro atoms.